The zero-order valence-corrected chi connectivity index (χ0v) is 13.0. The normalized spacial score (nSPS) is 24.8. The van der Waals surface area contributed by atoms with Gasteiger partial charge in [-0.1, -0.05) is 18.7 Å². The van der Waals surface area contributed by atoms with Gasteiger partial charge in [0.1, 0.15) is 5.76 Å². The van der Waals surface area contributed by atoms with Crippen LogP contribution in [0.3, 0.4) is 0 Å². The maximum absolute atomic E-state index is 5.29. The number of hydrogen-bond donors (Lipinski definition) is 1. The van der Waals surface area contributed by atoms with Crippen molar-refractivity contribution in [3.05, 3.63) is 47.9 Å². The highest BCUT2D eigenvalue weighted by Crippen LogP contribution is 2.46. The summed E-state index contributed by atoms with van der Waals surface area (Å²) in [6.45, 7) is 8.88. The lowest BCUT2D eigenvalue weighted by molar-refractivity contribution is 0.255. The molecule has 2 saturated heterocycles. The molecule has 3 rings (SSSR count). The van der Waals surface area contributed by atoms with E-state index in [-0.39, 0.29) is 0 Å². The maximum atomic E-state index is 5.29. The number of methoxy groups -OCH3 is 1. The van der Waals surface area contributed by atoms with Crippen LogP contribution in [0.5, 0.6) is 0 Å². The Hall–Kier alpha value is -1.48. The molecule has 1 N–H and O–H groups in total. The number of ether oxygens (including phenoxy) is 1. The molecule has 0 atom stereocenters. The third-order valence-electron chi connectivity index (χ3n) is 5.19. The molecule has 2 heterocycles. The van der Waals surface area contributed by atoms with E-state index in [2.05, 4.69) is 41.1 Å². The molecule has 0 saturated carbocycles. The SMILES string of the molecule is C=C1N(CC2=CC=C(OC)C=CC2)CCC12CCNCC2. The van der Waals surface area contributed by atoms with Gasteiger partial charge < -0.3 is 15.0 Å². The molecular formula is C18H26N2O. The Morgan fingerprint density at radius 1 is 1.29 bits per heavy atom. The third kappa shape index (κ3) is 2.93. The molecule has 21 heavy (non-hydrogen) atoms. The highest BCUT2D eigenvalue weighted by molar-refractivity contribution is 5.29. The lowest BCUT2D eigenvalue weighted by Crippen LogP contribution is -2.37. The van der Waals surface area contributed by atoms with Crippen LogP contribution in [0.25, 0.3) is 0 Å². The Kier molecular flexibility index (Phi) is 4.20. The second kappa shape index (κ2) is 6.10. The zero-order chi connectivity index (χ0) is 14.7. The van der Waals surface area contributed by atoms with Gasteiger partial charge in [-0.3, -0.25) is 0 Å². The van der Waals surface area contributed by atoms with Crippen molar-refractivity contribution in [1.29, 1.82) is 0 Å². The van der Waals surface area contributed by atoms with Crippen LogP contribution >= 0.6 is 0 Å². The summed E-state index contributed by atoms with van der Waals surface area (Å²) in [5.74, 6) is 0.931. The van der Waals surface area contributed by atoms with Crippen LogP contribution in [-0.2, 0) is 4.74 Å². The molecule has 0 aromatic heterocycles. The Morgan fingerprint density at radius 2 is 2.10 bits per heavy atom. The number of piperidine rings is 1. The van der Waals surface area contributed by atoms with Crippen molar-refractivity contribution in [2.45, 2.75) is 25.7 Å². The van der Waals surface area contributed by atoms with Crippen LogP contribution in [0, 0.1) is 5.41 Å². The minimum absolute atomic E-state index is 0.375. The minimum atomic E-state index is 0.375. The van der Waals surface area contributed by atoms with E-state index in [4.69, 9.17) is 4.74 Å². The minimum Gasteiger partial charge on any atom is -0.497 e. The molecule has 114 valence electrons. The highest BCUT2D eigenvalue weighted by Gasteiger charge is 2.41. The average Bonchev–Trinajstić information content (AvgIpc) is 2.71. The van der Waals surface area contributed by atoms with Crippen molar-refractivity contribution >= 4 is 0 Å². The smallest absolute Gasteiger partial charge is 0.118 e. The van der Waals surface area contributed by atoms with Gasteiger partial charge in [-0.25, -0.2) is 0 Å². The molecule has 2 aliphatic heterocycles. The largest absolute Gasteiger partial charge is 0.497 e. The number of nitrogens with zero attached hydrogens (tertiary/aromatic N) is 1. The van der Waals surface area contributed by atoms with E-state index in [1.165, 1.54) is 30.5 Å². The molecule has 1 spiro atoms. The maximum Gasteiger partial charge on any atom is 0.118 e. The Bertz CT molecular complexity index is 495. The van der Waals surface area contributed by atoms with Gasteiger partial charge >= 0.3 is 0 Å². The molecule has 3 nitrogen and oxygen atoms in total. The van der Waals surface area contributed by atoms with E-state index in [1.54, 1.807) is 7.11 Å². The summed E-state index contributed by atoms with van der Waals surface area (Å²) in [5.41, 5.74) is 3.18. The standard InChI is InChI=1S/C18H26N2O/c1-15-18(8-11-19-12-9-18)10-13-20(15)14-16-4-3-5-17(21-2)7-6-16/h3,5-7,19H,1,4,8-14H2,2H3. The molecule has 0 aromatic carbocycles. The van der Waals surface area contributed by atoms with E-state index in [1.807, 2.05) is 0 Å². The van der Waals surface area contributed by atoms with Gasteiger partial charge in [-0.05, 0) is 56.5 Å². The Labute approximate surface area is 128 Å². The monoisotopic (exact) mass is 286 g/mol. The van der Waals surface area contributed by atoms with Crippen LogP contribution < -0.4 is 5.32 Å². The fourth-order valence-electron chi connectivity index (χ4n) is 3.73. The van der Waals surface area contributed by atoms with Gasteiger partial charge in [0, 0.05) is 24.2 Å². The summed E-state index contributed by atoms with van der Waals surface area (Å²) < 4.78 is 5.29. The quantitative estimate of drug-likeness (QED) is 0.863. The van der Waals surface area contributed by atoms with Crippen LogP contribution in [0.15, 0.2) is 47.9 Å². The van der Waals surface area contributed by atoms with E-state index in [9.17, 15) is 0 Å². The van der Waals surface area contributed by atoms with Crippen molar-refractivity contribution in [2.24, 2.45) is 5.41 Å². The third-order valence-corrected chi connectivity index (χ3v) is 5.19. The summed E-state index contributed by atoms with van der Waals surface area (Å²) in [4.78, 5) is 2.50. The number of nitrogens with one attached hydrogen (secondary N) is 1. The van der Waals surface area contributed by atoms with E-state index in [0.29, 0.717) is 5.41 Å². The van der Waals surface area contributed by atoms with E-state index in [0.717, 1.165) is 38.4 Å². The first kappa shape index (κ1) is 14.5. The van der Waals surface area contributed by atoms with Crippen molar-refractivity contribution in [2.75, 3.05) is 33.3 Å². The fourth-order valence-corrected chi connectivity index (χ4v) is 3.73. The van der Waals surface area contributed by atoms with Crippen molar-refractivity contribution in [1.82, 2.24) is 10.2 Å². The number of hydrogen-bond acceptors (Lipinski definition) is 3. The van der Waals surface area contributed by atoms with Crippen LogP contribution in [-0.4, -0.2) is 38.2 Å². The van der Waals surface area contributed by atoms with Gasteiger partial charge in [0.15, 0.2) is 0 Å². The fraction of sp³-hybridized carbons (Fsp3) is 0.556. The molecule has 0 aromatic rings. The molecular weight excluding hydrogens is 260 g/mol. The van der Waals surface area contributed by atoms with Gasteiger partial charge in [0.05, 0.1) is 7.11 Å². The van der Waals surface area contributed by atoms with Crippen LogP contribution in [0.4, 0.5) is 0 Å². The molecule has 2 fully saturated rings. The van der Waals surface area contributed by atoms with Crippen molar-refractivity contribution in [3.63, 3.8) is 0 Å². The van der Waals surface area contributed by atoms with E-state index < -0.39 is 0 Å². The first-order valence-corrected chi connectivity index (χ1v) is 7.99. The number of allylic oxidation sites excluding steroid dienone is 5. The highest BCUT2D eigenvalue weighted by atomic mass is 16.5. The van der Waals surface area contributed by atoms with Gasteiger partial charge in [-0.15, -0.1) is 0 Å². The molecule has 0 unspecified atom stereocenters. The number of likely N-dealkylation sites (tertiary alicyclic amines) is 1. The summed E-state index contributed by atoms with van der Waals surface area (Å²) in [7, 11) is 1.72. The zero-order valence-electron chi connectivity index (χ0n) is 13.0. The van der Waals surface area contributed by atoms with Gasteiger partial charge in [-0.2, -0.15) is 0 Å². The molecule has 3 aliphatic rings. The van der Waals surface area contributed by atoms with Crippen molar-refractivity contribution < 1.29 is 4.74 Å². The van der Waals surface area contributed by atoms with Crippen LogP contribution in [0.2, 0.25) is 0 Å². The lowest BCUT2D eigenvalue weighted by Gasteiger charge is -2.36. The lowest BCUT2D eigenvalue weighted by atomic mass is 9.76. The summed E-state index contributed by atoms with van der Waals surface area (Å²) in [5, 5.41) is 3.47. The number of rotatable bonds is 3. The first-order valence-electron chi connectivity index (χ1n) is 7.99. The molecule has 1 aliphatic carbocycles. The molecule has 3 heteroatoms. The second-order valence-electron chi connectivity index (χ2n) is 6.35. The second-order valence-corrected chi connectivity index (χ2v) is 6.35. The first-order chi connectivity index (χ1) is 10.2. The molecule has 0 bridgehead atoms. The molecule has 0 radical (unpaired) electrons. The van der Waals surface area contributed by atoms with Crippen LogP contribution in [0.1, 0.15) is 25.7 Å². The predicted molar refractivity (Wildman–Crippen MR) is 86.8 cm³/mol. The topological polar surface area (TPSA) is 24.5 Å². The Balaban J connectivity index is 1.66. The van der Waals surface area contributed by atoms with Gasteiger partial charge in [0.25, 0.3) is 0 Å². The van der Waals surface area contributed by atoms with Gasteiger partial charge in [0.2, 0.25) is 0 Å². The Morgan fingerprint density at radius 3 is 2.86 bits per heavy atom. The predicted octanol–water partition coefficient (Wildman–Crippen LogP) is 2.99. The molecule has 0 amide bonds. The summed E-state index contributed by atoms with van der Waals surface area (Å²) >= 11 is 0. The van der Waals surface area contributed by atoms with Crippen molar-refractivity contribution in [3.8, 4) is 0 Å². The average molecular weight is 286 g/mol. The van der Waals surface area contributed by atoms with E-state index >= 15 is 0 Å². The summed E-state index contributed by atoms with van der Waals surface area (Å²) in [6.07, 6.45) is 13.3. The summed E-state index contributed by atoms with van der Waals surface area (Å²) in [6, 6.07) is 0.